The van der Waals surface area contributed by atoms with Crippen molar-refractivity contribution in [3.8, 4) is 0 Å². The van der Waals surface area contributed by atoms with Gasteiger partial charge in [0.2, 0.25) is 5.91 Å². The summed E-state index contributed by atoms with van der Waals surface area (Å²) in [4.78, 5) is 12.2. The summed E-state index contributed by atoms with van der Waals surface area (Å²) in [5, 5.41) is 6.43. The molecule has 1 heterocycles. The van der Waals surface area contributed by atoms with Crippen LogP contribution in [-0.2, 0) is 16.1 Å². The van der Waals surface area contributed by atoms with Gasteiger partial charge in [0.05, 0.1) is 13.2 Å². The Morgan fingerprint density at radius 2 is 1.92 bits per heavy atom. The van der Waals surface area contributed by atoms with Crippen LogP contribution in [0.2, 0.25) is 0 Å². The number of rotatable bonds is 8. The number of amides is 1. The second-order valence-electron chi connectivity index (χ2n) is 6.74. The van der Waals surface area contributed by atoms with E-state index in [9.17, 15) is 4.79 Å². The smallest absolute Gasteiger partial charge is 0.220 e. The maximum Gasteiger partial charge on any atom is 0.220 e. The minimum absolute atomic E-state index is 0. The summed E-state index contributed by atoms with van der Waals surface area (Å²) in [6.45, 7) is 7.50. The van der Waals surface area contributed by atoms with Crippen molar-refractivity contribution in [2.24, 2.45) is 11.8 Å². The Labute approximate surface area is 152 Å². The number of piperidine rings is 1. The lowest BCUT2D eigenvalue weighted by Crippen LogP contribution is -2.38. The minimum atomic E-state index is 0. The van der Waals surface area contributed by atoms with E-state index in [2.05, 4.69) is 17.6 Å². The van der Waals surface area contributed by atoms with Crippen LogP contribution in [0.25, 0.3) is 0 Å². The molecule has 0 radical (unpaired) electrons. The van der Waals surface area contributed by atoms with Gasteiger partial charge in [0.25, 0.3) is 0 Å². The monoisotopic (exact) mass is 354 g/mol. The number of hydrogen-bond acceptors (Lipinski definition) is 3. The fraction of sp³-hybridized carbons (Fsp3) is 0.632. The topological polar surface area (TPSA) is 50.4 Å². The van der Waals surface area contributed by atoms with Gasteiger partial charge in [-0.1, -0.05) is 37.3 Å². The van der Waals surface area contributed by atoms with Gasteiger partial charge in [-0.15, -0.1) is 12.4 Å². The Kier molecular flexibility index (Phi) is 9.99. The van der Waals surface area contributed by atoms with Crippen LogP contribution in [0.4, 0.5) is 0 Å². The van der Waals surface area contributed by atoms with Gasteiger partial charge in [-0.3, -0.25) is 4.79 Å². The zero-order chi connectivity index (χ0) is 16.5. The number of carbonyl (C=O) groups is 1. The van der Waals surface area contributed by atoms with Crippen LogP contribution in [0.15, 0.2) is 30.3 Å². The fourth-order valence-electron chi connectivity index (χ4n) is 3.18. The van der Waals surface area contributed by atoms with Gasteiger partial charge in [-0.2, -0.15) is 0 Å². The molecule has 1 aliphatic rings. The minimum Gasteiger partial charge on any atom is -0.375 e. The fourth-order valence-corrected chi connectivity index (χ4v) is 3.18. The molecule has 2 atom stereocenters. The summed E-state index contributed by atoms with van der Waals surface area (Å²) in [5.74, 6) is 1.27. The van der Waals surface area contributed by atoms with Crippen molar-refractivity contribution in [3.05, 3.63) is 35.9 Å². The zero-order valence-electron chi connectivity index (χ0n) is 14.8. The molecule has 2 unspecified atom stereocenters. The third-order valence-corrected chi connectivity index (χ3v) is 4.58. The van der Waals surface area contributed by atoms with E-state index in [1.54, 1.807) is 0 Å². The van der Waals surface area contributed by atoms with Crippen molar-refractivity contribution in [2.75, 3.05) is 19.7 Å². The number of halogens is 1. The van der Waals surface area contributed by atoms with Gasteiger partial charge in [0, 0.05) is 12.5 Å². The van der Waals surface area contributed by atoms with E-state index in [1.165, 1.54) is 12.8 Å². The summed E-state index contributed by atoms with van der Waals surface area (Å²) in [6, 6.07) is 10.1. The lowest BCUT2D eigenvalue weighted by molar-refractivity contribution is -0.123. The average Bonchev–Trinajstić information content (AvgIpc) is 2.56. The largest absolute Gasteiger partial charge is 0.375 e. The predicted molar refractivity (Wildman–Crippen MR) is 100 cm³/mol. The molecule has 1 aromatic rings. The van der Waals surface area contributed by atoms with Crippen LogP contribution in [0.3, 0.4) is 0 Å². The summed E-state index contributed by atoms with van der Waals surface area (Å²) in [5.41, 5.74) is 1.16. The Hall–Kier alpha value is -1.10. The highest BCUT2D eigenvalue weighted by Crippen LogP contribution is 2.24. The van der Waals surface area contributed by atoms with Gasteiger partial charge in [0.15, 0.2) is 0 Å². The molecule has 1 aliphatic heterocycles. The molecular formula is C19H31ClN2O2. The van der Waals surface area contributed by atoms with Crippen LogP contribution >= 0.6 is 12.4 Å². The molecule has 0 aromatic heterocycles. The van der Waals surface area contributed by atoms with Crippen LogP contribution in [-0.4, -0.2) is 31.6 Å². The second-order valence-corrected chi connectivity index (χ2v) is 6.74. The number of ether oxygens (including phenoxy) is 1. The third-order valence-electron chi connectivity index (χ3n) is 4.58. The quantitative estimate of drug-likeness (QED) is 0.754. The Bertz CT molecular complexity index is 464. The number of hydrogen-bond donors (Lipinski definition) is 2. The van der Waals surface area contributed by atoms with Crippen LogP contribution < -0.4 is 10.6 Å². The normalized spacial score (nSPS) is 17.6. The maximum absolute atomic E-state index is 12.2. The van der Waals surface area contributed by atoms with E-state index in [0.29, 0.717) is 31.5 Å². The first-order chi connectivity index (χ1) is 11.1. The van der Waals surface area contributed by atoms with E-state index >= 15 is 0 Å². The molecule has 5 heteroatoms. The molecule has 136 valence electrons. The van der Waals surface area contributed by atoms with E-state index in [-0.39, 0.29) is 24.4 Å². The highest BCUT2D eigenvalue weighted by atomic mass is 35.5. The van der Waals surface area contributed by atoms with E-state index in [4.69, 9.17) is 4.74 Å². The molecule has 1 saturated heterocycles. The van der Waals surface area contributed by atoms with E-state index < -0.39 is 0 Å². The first kappa shape index (κ1) is 20.9. The maximum atomic E-state index is 12.2. The first-order valence-corrected chi connectivity index (χ1v) is 8.77. The van der Waals surface area contributed by atoms with Crippen molar-refractivity contribution in [3.63, 3.8) is 0 Å². The van der Waals surface area contributed by atoms with Crippen LogP contribution in [0.1, 0.15) is 38.7 Å². The van der Waals surface area contributed by atoms with Crippen molar-refractivity contribution >= 4 is 18.3 Å². The average molecular weight is 355 g/mol. The number of carbonyl (C=O) groups excluding carboxylic acids is 1. The summed E-state index contributed by atoms with van der Waals surface area (Å²) < 4.78 is 5.68. The molecule has 0 saturated carbocycles. The van der Waals surface area contributed by atoms with Gasteiger partial charge in [-0.05, 0) is 50.3 Å². The third kappa shape index (κ3) is 7.65. The molecule has 1 fully saturated rings. The van der Waals surface area contributed by atoms with Gasteiger partial charge in [-0.25, -0.2) is 0 Å². The van der Waals surface area contributed by atoms with Crippen molar-refractivity contribution < 1.29 is 9.53 Å². The van der Waals surface area contributed by atoms with Crippen LogP contribution in [0, 0.1) is 11.8 Å². The molecule has 0 aliphatic carbocycles. The Balaban J connectivity index is 0.00000288. The highest BCUT2D eigenvalue weighted by Gasteiger charge is 2.22. The molecule has 1 amide bonds. The second kappa shape index (κ2) is 11.5. The molecule has 2 N–H and O–H groups in total. The highest BCUT2D eigenvalue weighted by molar-refractivity contribution is 5.85. The molecule has 0 spiro atoms. The van der Waals surface area contributed by atoms with Gasteiger partial charge >= 0.3 is 0 Å². The molecular weight excluding hydrogens is 324 g/mol. The molecule has 0 bridgehead atoms. The van der Waals surface area contributed by atoms with E-state index in [1.807, 2.05) is 37.3 Å². The lowest BCUT2D eigenvalue weighted by atomic mass is 9.84. The molecule has 24 heavy (non-hydrogen) atoms. The molecule has 4 nitrogen and oxygen atoms in total. The zero-order valence-corrected chi connectivity index (χ0v) is 15.6. The van der Waals surface area contributed by atoms with Crippen molar-refractivity contribution in [2.45, 2.75) is 45.8 Å². The summed E-state index contributed by atoms with van der Waals surface area (Å²) in [6.07, 6.45) is 2.99. The number of nitrogens with one attached hydrogen (secondary N) is 2. The standard InChI is InChI=1S/C19H30N2O2.ClH/c1-15(18-8-10-20-11-9-18)12-19(22)21-16(2)13-23-14-17-6-4-3-5-7-17;/h3-7,15-16,18,20H,8-14H2,1-2H3,(H,21,22);1H. The first-order valence-electron chi connectivity index (χ1n) is 8.77. The molecule has 2 rings (SSSR count). The van der Waals surface area contributed by atoms with Crippen LogP contribution in [0.5, 0.6) is 0 Å². The summed E-state index contributed by atoms with van der Waals surface area (Å²) in [7, 11) is 0. The predicted octanol–water partition coefficient (Wildman–Crippen LogP) is 3.16. The number of benzene rings is 1. The lowest BCUT2D eigenvalue weighted by Gasteiger charge is -2.28. The Morgan fingerprint density at radius 1 is 1.25 bits per heavy atom. The summed E-state index contributed by atoms with van der Waals surface area (Å²) >= 11 is 0. The van der Waals surface area contributed by atoms with Gasteiger partial charge in [0.1, 0.15) is 0 Å². The SMILES string of the molecule is CC(COCc1ccccc1)NC(=O)CC(C)C1CCNCC1.Cl. The van der Waals surface area contributed by atoms with Crippen molar-refractivity contribution in [1.29, 1.82) is 0 Å². The Morgan fingerprint density at radius 3 is 2.58 bits per heavy atom. The van der Waals surface area contributed by atoms with Gasteiger partial charge < -0.3 is 15.4 Å². The molecule has 1 aromatic carbocycles. The van der Waals surface area contributed by atoms with E-state index in [0.717, 1.165) is 18.7 Å². The van der Waals surface area contributed by atoms with Crippen molar-refractivity contribution in [1.82, 2.24) is 10.6 Å².